The highest BCUT2D eigenvalue weighted by atomic mass is 35.5. The first-order valence-electron chi connectivity index (χ1n) is 6.57. The molecule has 1 aliphatic carbocycles. The van der Waals surface area contributed by atoms with E-state index < -0.39 is 11.9 Å². The van der Waals surface area contributed by atoms with Crippen LogP contribution in [0.1, 0.15) is 18.4 Å². The third kappa shape index (κ3) is 2.50. The standard InChI is InChI=1S/C14H14ClFN2O2/c15-10-3-1-2-9(12(10)16)6-18-7-11(19)17-13(14(18)20)8-4-5-8/h1-3,8,13H,4-7H2,(H,17,19). The molecule has 1 unspecified atom stereocenters. The summed E-state index contributed by atoms with van der Waals surface area (Å²) >= 11 is 5.73. The topological polar surface area (TPSA) is 49.4 Å². The number of amides is 2. The minimum absolute atomic E-state index is 0.0233. The second-order valence-corrected chi connectivity index (χ2v) is 5.70. The number of nitrogens with zero attached hydrogens (tertiary/aromatic N) is 1. The fourth-order valence-corrected chi connectivity index (χ4v) is 2.68. The molecule has 1 aromatic rings. The van der Waals surface area contributed by atoms with Crippen LogP contribution in [-0.4, -0.2) is 29.3 Å². The van der Waals surface area contributed by atoms with Gasteiger partial charge in [0, 0.05) is 12.1 Å². The van der Waals surface area contributed by atoms with Crippen molar-refractivity contribution < 1.29 is 14.0 Å². The number of nitrogens with one attached hydrogen (secondary N) is 1. The van der Waals surface area contributed by atoms with Gasteiger partial charge in [0.25, 0.3) is 0 Å². The molecule has 106 valence electrons. The van der Waals surface area contributed by atoms with Crippen LogP contribution >= 0.6 is 11.6 Å². The van der Waals surface area contributed by atoms with Crippen LogP contribution in [0.4, 0.5) is 4.39 Å². The summed E-state index contributed by atoms with van der Waals surface area (Å²) in [5, 5.41) is 2.74. The number of benzene rings is 1. The predicted octanol–water partition coefficient (Wildman–Crippen LogP) is 1.72. The molecule has 1 saturated heterocycles. The van der Waals surface area contributed by atoms with Crippen LogP contribution in [0.15, 0.2) is 18.2 Å². The van der Waals surface area contributed by atoms with E-state index >= 15 is 0 Å². The van der Waals surface area contributed by atoms with Gasteiger partial charge in [0.05, 0.1) is 11.6 Å². The number of piperazine rings is 1. The SMILES string of the molecule is O=C1CN(Cc2cccc(Cl)c2F)C(=O)C(C2CC2)N1. The number of carbonyl (C=O) groups excluding carboxylic acids is 2. The first-order valence-corrected chi connectivity index (χ1v) is 6.95. The Hall–Kier alpha value is -1.62. The van der Waals surface area contributed by atoms with Gasteiger partial charge in [-0.25, -0.2) is 4.39 Å². The highest BCUT2D eigenvalue weighted by Gasteiger charge is 2.42. The highest BCUT2D eigenvalue weighted by molar-refractivity contribution is 6.30. The monoisotopic (exact) mass is 296 g/mol. The Morgan fingerprint density at radius 3 is 2.80 bits per heavy atom. The molecule has 4 nitrogen and oxygen atoms in total. The molecule has 1 saturated carbocycles. The minimum atomic E-state index is -0.532. The molecule has 0 spiro atoms. The molecule has 20 heavy (non-hydrogen) atoms. The molecule has 1 heterocycles. The third-order valence-electron chi connectivity index (χ3n) is 3.71. The van der Waals surface area contributed by atoms with Gasteiger partial charge in [-0.3, -0.25) is 9.59 Å². The van der Waals surface area contributed by atoms with Gasteiger partial charge in [0.15, 0.2) is 0 Å². The number of carbonyl (C=O) groups is 2. The molecule has 2 amide bonds. The Balaban J connectivity index is 1.80. The van der Waals surface area contributed by atoms with Crippen molar-refractivity contribution in [2.75, 3.05) is 6.54 Å². The average molecular weight is 297 g/mol. The Bertz CT molecular complexity index is 574. The zero-order valence-electron chi connectivity index (χ0n) is 10.7. The Morgan fingerprint density at radius 1 is 1.35 bits per heavy atom. The molecule has 1 atom stereocenters. The van der Waals surface area contributed by atoms with E-state index in [4.69, 9.17) is 11.6 Å². The van der Waals surface area contributed by atoms with E-state index in [1.54, 1.807) is 12.1 Å². The van der Waals surface area contributed by atoms with Gasteiger partial charge in [-0.05, 0) is 24.8 Å². The van der Waals surface area contributed by atoms with Crippen LogP contribution in [0.5, 0.6) is 0 Å². The van der Waals surface area contributed by atoms with E-state index in [1.165, 1.54) is 11.0 Å². The van der Waals surface area contributed by atoms with Gasteiger partial charge in [-0.1, -0.05) is 23.7 Å². The molecule has 2 fully saturated rings. The molecule has 3 rings (SSSR count). The van der Waals surface area contributed by atoms with Gasteiger partial charge < -0.3 is 10.2 Å². The van der Waals surface area contributed by atoms with Crippen LogP contribution in [0, 0.1) is 11.7 Å². The number of halogens is 2. The van der Waals surface area contributed by atoms with Gasteiger partial charge in [-0.2, -0.15) is 0 Å². The second kappa shape index (κ2) is 5.05. The Kier molecular flexibility index (Phi) is 3.38. The van der Waals surface area contributed by atoms with E-state index in [-0.39, 0.29) is 35.8 Å². The molecule has 6 heteroatoms. The summed E-state index contributed by atoms with van der Waals surface area (Å²) < 4.78 is 13.9. The fourth-order valence-electron chi connectivity index (χ4n) is 2.49. The van der Waals surface area contributed by atoms with E-state index in [2.05, 4.69) is 5.32 Å². The molecule has 1 N–H and O–H groups in total. The second-order valence-electron chi connectivity index (χ2n) is 5.29. The average Bonchev–Trinajstić information content (AvgIpc) is 3.23. The predicted molar refractivity (Wildman–Crippen MR) is 71.5 cm³/mol. The maximum atomic E-state index is 13.9. The quantitative estimate of drug-likeness (QED) is 0.923. The lowest BCUT2D eigenvalue weighted by Gasteiger charge is -2.32. The zero-order valence-corrected chi connectivity index (χ0v) is 11.5. The van der Waals surface area contributed by atoms with Gasteiger partial charge in [0.1, 0.15) is 11.9 Å². The zero-order chi connectivity index (χ0) is 14.3. The normalized spacial score (nSPS) is 22.9. The summed E-state index contributed by atoms with van der Waals surface area (Å²) in [6, 6.07) is 4.22. The lowest BCUT2D eigenvalue weighted by atomic mass is 10.1. The van der Waals surface area contributed by atoms with Crippen molar-refractivity contribution in [2.24, 2.45) is 5.92 Å². The molecule has 0 bridgehead atoms. The molecule has 1 aliphatic heterocycles. The van der Waals surface area contributed by atoms with Crippen molar-refractivity contribution in [3.63, 3.8) is 0 Å². The summed E-state index contributed by atoms with van der Waals surface area (Å²) in [5.41, 5.74) is 0.329. The van der Waals surface area contributed by atoms with Crippen LogP contribution in [-0.2, 0) is 16.1 Å². The Morgan fingerprint density at radius 2 is 2.10 bits per heavy atom. The minimum Gasteiger partial charge on any atom is -0.342 e. The van der Waals surface area contributed by atoms with Gasteiger partial charge in [0.2, 0.25) is 11.8 Å². The third-order valence-corrected chi connectivity index (χ3v) is 4.01. The summed E-state index contributed by atoms with van der Waals surface area (Å²) in [7, 11) is 0. The number of rotatable bonds is 3. The summed E-state index contributed by atoms with van der Waals surface area (Å²) in [6.45, 7) is 0.0376. The lowest BCUT2D eigenvalue weighted by molar-refractivity contribution is -0.145. The van der Waals surface area contributed by atoms with E-state index in [9.17, 15) is 14.0 Å². The van der Waals surface area contributed by atoms with Crippen molar-refractivity contribution in [3.05, 3.63) is 34.6 Å². The molecule has 0 radical (unpaired) electrons. The highest BCUT2D eigenvalue weighted by Crippen LogP contribution is 2.34. The van der Waals surface area contributed by atoms with Crippen molar-refractivity contribution in [2.45, 2.75) is 25.4 Å². The van der Waals surface area contributed by atoms with Crippen LogP contribution in [0.3, 0.4) is 0 Å². The Labute approximate surface area is 120 Å². The summed E-state index contributed by atoms with van der Waals surface area (Å²) in [4.78, 5) is 25.4. The first-order chi connectivity index (χ1) is 9.56. The molecule has 2 aliphatic rings. The van der Waals surface area contributed by atoms with E-state index in [1.807, 2.05) is 0 Å². The fraction of sp³-hybridized carbons (Fsp3) is 0.429. The van der Waals surface area contributed by atoms with Crippen molar-refractivity contribution in [3.8, 4) is 0 Å². The maximum Gasteiger partial charge on any atom is 0.246 e. The van der Waals surface area contributed by atoms with E-state index in [0.29, 0.717) is 5.56 Å². The lowest BCUT2D eigenvalue weighted by Crippen LogP contribution is -2.58. The smallest absolute Gasteiger partial charge is 0.246 e. The first kappa shape index (κ1) is 13.4. The van der Waals surface area contributed by atoms with Crippen LogP contribution in [0.2, 0.25) is 5.02 Å². The van der Waals surface area contributed by atoms with Gasteiger partial charge in [-0.15, -0.1) is 0 Å². The van der Waals surface area contributed by atoms with Crippen LogP contribution < -0.4 is 5.32 Å². The van der Waals surface area contributed by atoms with Crippen molar-refractivity contribution in [1.29, 1.82) is 0 Å². The molecule has 0 aromatic heterocycles. The van der Waals surface area contributed by atoms with Crippen LogP contribution in [0.25, 0.3) is 0 Å². The summed E-state index contributed by atoms with van der Waals surface area (Å²) in [6.07, 6.45) is 1.91. The molecular weight excluding hydrogens is 283 g/mol. The van der Waals surface area contributed by atoms with E-state index in [0.717, 1.165) is 12.8 Å². The molecular formula is C14H14ClFN2O2. The largest absolute Gasteiger partial charge is 0.342 e. The molecule has 1 aromatic carbocycles. The van der Waals surface area contributed by atoms with Crippen molar-refractivity contribution in [1.82, 2.24) is 10.2 Å². The summed E-state index contributed by atoms with van der Waals surface area (Å²) in [5.74, 6) is -0.621. The number of hydrogen-bond donors (Lipinski definition) is 1. The number of hydrogen-bond acceptors (Lipinski definition) is 2. The van der Waals surface area contributed by atoms with Crippen molar-refractivity contribution >= 4 is 23.4 Å². The van der Waals surface area contributed by atoms with Gasteiger partial charge >= 0.3 is 0 Å². The maximum absolute atomic E-state index is 13.9.